The zero-order chi connectivity index (χ0) is 30.0. The maximum Gasteiger partial charge on any atom is 0.508 e. The van der Waals surface area contributed by atoms with Crippen molar-refractivity contribution in [2.45, 2.75) is 50.7 Å². The number of alkyl halides is 1. The minimum atomic E-state index is -0.894. The predicted molar refractivity (Wildman–Crippen MR) is 157 cm³/mol. The molecule has 3 atom stereocenters. The molecule has 6 bridgehead atoms. The van der Waals surface area contributed by atoms with Crippen LogP contribution in [0.2, 0.25) is 0 Å². The van der Waals surface area contributed by atoms with Crippen molar-refractivity contribution < 1.29 is 27.8 Å². The second-order valence-corrected chi connectivity index (χ2v) is 12.5. The fraction of sp³-hybridized carbons (Fsp3) is 0.516. The lowest BCUT2D eigenvalue weighted by Gasteiger charge is -2.31. The van der Waals surface area contributed by atoms with E-state index in [1.807, 2.05) is 17.9 Å². The molecule has 44 heavy (non-hydrogen) atoms. The molecule has 11 nitrogen and oxygen atoms in total. The number of H-pyrrole nitrogens is 1. The van der Waals surface area contributed by atoms with Gasteiger partial charge in [-0.25, -0.2) is 13.6 Å². The molecule has 3 fully saturated rings. The molecule has 4 aromatic rings. The first-order valence-corrected chi connectivity index (χ1v) is 15.3. The minimum absolute atomic E-state index is 0.0465. The van der Waals surface area contributed by atoms with Gasteiger partial charge in [0.25, 0.3) is 0 Å². The first-order valence-electron chi connectivity index (χ1n) is 15.3. The third-order valence-corrected chi connectivity index (χ3v) is 9.78. The Hall–Kier alpha value is -4.13. The van der Waals surface area contributed by atoms with Gasteiger partial charge >= 0.3 is 12.2 Å². The summed E-state index contributed by atoms with van der Waals surface area (Å²) in [5.74, 6) is -0.0438. The van der Waals surface area contributed by atoms with Crippen molar-refractivity contribution in [3.8, 4) is 17.3 Å². The number of aromatic amines is 1. The average Bonchev–Trinajstić information content (AvgIpc) is 3.79. The van der Waals surface area contributed by atoms with Crippen molar-refractivity contribution in [2.75, 3.05) is 50.9 Å². The number of nitrogens with one attached hydrogen (secondary N) is 1. The second-order valence-electron chi connectivity index (χ2n) is 12.5. The number of hydrogen-bond donors (Lipinski definition) is 1. The Kier molecular flexibility index (Phi) is 6.54. The highest BCUT2D eigenvalue weighted by Gasteiger charge is 2.49. The molecule has 5 aliphatic rings. The SMILES string of the molecule is Cc1cc2[nH]ncc2c2c1CCOC(=O)OC[C@@H]1CCN(C1)c1nc(OC[C@@]34CCCN3C[C@H](F)C4)nc3c(F)c-2ncc13. The van der Waals surface area contributed by atoms with Gasteiger partial charge in [0, 0.05) is 55.5 Å². The number of ether oxygens (including phenoxy) is 3. The summed E-state index contributed by atoms with van der Waals surface area (Å²) in [4.78, 5) is 30.7. The van der Waals surface area contributed by atoms with Crippen LogP contribution in [0, 0.1) is 18.7 Å². The summed E-state index contributed by atoms with van der Waals surface area (Å²) >= 11 is 0. The highest BCUT2D eigenvalue weighted by atomic mass is 19.1. The van der Waals surface area contributed by atoms with Gasteiger partial charge in [-0.15, -0.1) is 0 Å². The number of halogens is 2. The van der Waals surface area contributed by atoms with Gasteiger partial charge in [-0.3, -0.25) is 15.0 Å². The number of pyridine rings is 1. The average molecular weight is 606 g/mol. The summed E-state index contributed by atoms with van der Waals surface area (Å²) in [6, 6.07) is 1.99. The number of nitrogens with zero attached hydrogens (tertiary/aromatic N) is 6. The molecular weight excluding hydrogens is 572 g/mol. The monoisotopic (exact) mass is 605 g/mol. The van der Waals surface area contributed by atoms with Crippen LogP contribution >= 0.6 is 0 Å². The van der Waals surface area contributed by atoms with Crippen LogP contribution in [0.1, 0.15) is 36.8 Å². The largest absolute Gasteiger partial charge is 0.508 e. The quantitative estimate of drug-likeness (QED) is 0.334. The second kappa shape index (κ2) is 10.5. The van der Waals surface area contributed by atoms with Crippen LogP contribution in [0.4, 0.5) is 19.4 Å². The summed E-state index contributed by atoms with van der Waals surface area (Å²) in [5, 5.41) is 8.33. The van der Waals surface area contributed by atoms with Gasteiger partial charge in [0.15, 0.2) is 5.82 Å². The standard InChI is InChI=1S/C31H33F2N7O4/c1-17-9-23-21(12-35-38-23)24-20(17)4-8-42-30(41)43-15-18-3-7-39(13-18)28-22-11-34-27(24)25(33)26(22)36-29(37-28)44-16-31-5-2-6-40(31)14-19(32)10-31/h9,11-12,18-19H,2-8,10,13-16H2,1H3,(H,35,38)/t18-,19-,31+/m1/s1. The number of rotatable bonds is 3. The lowest BCUT2D eigenvalue weighted by Crippen LogP contribution is -2.43. The van der Waals surface area contributed by atoms with E-state index in [-0.39, 0.29) is 43.0 Å². The maximum absolute atomic E-state index is 16.9. The van der Waals surface area contributed by atoms with E-state index in [0.717, 1.165) is 42.5 Å². The topological polar surface area (TPSA) is 119 Å². The molecule has 3 aromatic heterocycles. The van der Waals surface area contributed by atoms with E-state index in [0.29, 0.717) is 54.6 Å². The molecule has 0 radical (unpaired) electrons. The van der Waals surface area contributed by atoms with E-state index in [1.165, 1.54) is 0 Å². The molecule has 0 unspecified atom stereocenters. The predicted octanol–water partition coefficient (Wildman–Crippen LogP) is 4.51. The summed E-state index contributed by atoms with van der Waals surface area (Å²) in [6.45, 7) is 4.82. The molecule has 0 amide bonds. The Morgan fingerprint density at radius 1 is 1.18 bits per heavy atom. The summed E-state index contributed by atoms with van der Waals surface area (Å²) in [7, 11) is 0. The molecule has 0 aliphatic carbocycles. The van der Waals surface area contributed by atoms with Gasteiger partial charge in [0.2, 0.25) is 0 Å². The first kappa shape index (κ1) is 27.4. The zero-order valence-electron chi connectivity index (χ0n) is 24.4. The smallest absolute Gasteiger partial charge is 0.461 e. The van der Waals surface area contributed by atoms with E-state index in [4.69, 9.17) is 19.2 Å². The van der Waals surface area contributed by atoms with Crippen LogP contribution in [0.3, 0.4) is 0 Å². The molecule has 1 aromatic carbocycles. The Morgan fingerprint density at radius 2 is 2.09 bits per heavy atom. The molecule has 1 N–H and O–H groups in total. The molecule has 5 aliphatic heterocycles. The van der Waals surface area contributed by atoms with E-state index >= 15 is 4.39 Å². The summed E-state index contributed by atoms with van der Waals surface area (Å²) < 4.78 is 48.4. The number of carbonyl (C=O) groups excluding carboxylic acids is 1. The highest BCUT2D eigenvalue weighted by molar-refractivity contribution is 5.99. The van der Waals surface area contributed by atoms with E-state index in [1.54, 1.807) is 12.4 Å². The van der Waals surface area contributed by atoms with Crippen LogP contribution in [0.5, 0.6) is 6.01 Å². The van der Waals surface area contributed by atoms with Gasteiger partial charge in [-0.05, 0) is 49.9 Å². The minimum Gasteiger partial charge on any atom is -0.461 e. The number of aromatic nitrogens is 5. The summed E-state index contributed by atoms with van der Waals surface area (Å²) in [6.07, 6.45) is 4.95. The van der Waals surface area contributed by atoms with Crippen molar-refractivity contribution in [1.29, 1.82) is 0 Å². The fourth-order valence-corrected chi connectivity index (χ4v) is 7.64. The van der Waals surface area contributed by atoms with E-state index in [2.05, 4.69) is 25.1 Å². The summed E-state index contributed by atoms with van der Waals surface area (Å²) in [5.41, 5.74) is 2.76. The highest BCUT2D eigenvalue weighted by Crippen LogP contribution is 2.42. The van der Waals surface area contributed by atoms with Gasteiger partial charge in [-0.2, -0.15) is 15.1 Å². The molecular formula is C31H33F2N7O4. The van der Waals surface area contributed by atoms with Gasteiger partial charge in [0.05, 0.1) is 35.9 Å². The van der Waals surface area contributed by atoms with Crippen LogP contribution in [0.15, 0.2) is 18.5 Å². The van der Waals surface area contributed by atoms with Crippen LogP contribution in [-0.4, -0.2) is 93.9 Å². The molecule has 0 spiro atoms. The van der Waals surface area contributed by atoms with Crippen molar-refractivity contribution in [2.24, 2.45) is 5.92 Å². The molecule has 8 heterocycles. The molecule has 13 heteroatoms. The third-order valence-electron chi connectivity index (χ3n) is 9.78. The van der Waals surface area contributed by atoms with E-state index in [9.17, 15) is 9.18 Å². The molecule has 0 saturated carbocycles. The first-order chi connectivity index (χ1) is 21.4. The van der Waals surface area contributed by atoms with Gasteiger partial charge in [-0.1, -0.05) is 0 Å². The zero-order valence-corrected chi connectivity index (χ0v) is 24.4. The number of fused-ring (bicyclic) bond motifs is 8. The number of aryl methyl sites for hydroxylation is 1. The molecule has 3 saturated heterocycles. The number of anilines is 1. The van der Waals surface area contributed by atoms with Gasteiger partial charge < -0.3 is 19.1 Å². The molecule has 230 valence electrons. The van der Waals surface area contributed by atoms with Crippen LogP contribution in [-0.2, 0) is 15.9 Å². The van der Waals surface area contributed by atoms with Crippen molar-refractivity contribution >= 4 is 33.8 Å². The number of carbonyl (C=O) groups is 1. The Bertz CT molecular complexity index is 1780. The van der Waals surface area contributed by atoms with Gasteiger partial charge in [0.1, 0.15) is 29.8 Å². The number of benzene rings is 1. The lowest BCUT2D eigenvalue weighted by molar-refractivity contribution is 0.0470. The lowest BCUT2D eigenvalue weighted by atomic mass is 9.93. The van der Waals surface area contributed by atoms with E-state index < -0.39 is 23.7 Å². The van der Waals surface area contributed by atoms with Crippen molar-refractivity contribution in [3.63, 3.8) is 0 Å². The molecule has 9 rings (SSSR count). The number of hydrogen-bond acceptors (Lipinski definition) is 10. The fourth-order valence-electron chi connectivity index (χ4n) is 7.64. The Labute approximate surface area is 251 Å². The Morgan fingerprint density at radius 3 is 3.00 bits per heavy atom. The maximum atomic E-state index is 16.9. The van der Waals surface area contributed by atoms with Crippen molar-refractivity contribution in [3.05, 3.63) is 35.4 Å². The van der Waals surface area contributed by atoms with Crippen LogP contribution < -0.4 is 9.64 Å². The van der Waals surface area contributed by atoms with Crippen molar-refractivity contribution in [1.82, 2.24) is 30.0 Å². The van der Waals surface area contributed by atoms with Crippen LogP contribution in [0.25, 0.3) is 33.1 Å². The normalized spacial score (nSPS) is 25.5. The third kappa shape index (κ3) is 4.51. The Balaban J connectivity index is 1.28.